The molecule has 0 saturated heterocycles. The molecule has 0 aliphatic heterocycles. The normalized spacial score (nSPS) is 13.7. The first-order valence-corrected chi connectivity index (χ1v) is 7.19. The highest BCUT2D eigenvalue weighted by atomic mass is 127. The van der Waals surface area contributed by atoms with Gasteiger partial charge in [-0.3, -0.25) is 14.9 Å². The largest absolute Gasteiger partial charge is 0.349 e. The Morgan fingerprint density at radius 3 is 2.63 bits per heavy atom. The van der Waals surface area contributed by atoms with Gasteiger partial charge < -0.3 is 5.32 Å². The molecule has 0 spiro atoms. The summed E-state index contributed by atoms with van der Waals surface area (Å²) in [5.41, 5.74) is 0.284. The van der Waals surface area contributed by atoms with Gasteiger partial charge in [-0.25, -0.2) is 0 Å². The van der Waals surface area contributed by atoms with Crippen LogP contribution in [0.25, 0.3) is 0 Å². The van der Waals surface area contributed by atoms with Crippen molar-refractivity contribution in [1.82, 2.24) is 5.32 Å². The number of amides is 1. The van der Waals surface area contributed by atoms with Crippen LogP contribution < -0.4 is 5.32 Å². The average molecular weight is 376 g/mol. The Morgan fingerprint density at radius 2 is 2.11 bits per heavy atom. The zero-order valence-electron chi connectivity index (χ0n) is 11.1. The second-order valence-electron chi connectivity index (χ2n) is 4.57. The molecule has 1 aromatic rings. The number of nitrogens with one attached hydrogen (secondary N) is 1. The van der Waals surface area contributed by atoms with Gasteiger partial charge in [0.25, 0.3) is 11.6 Å². The number of nitro groups is 1. The van der Waals surface area contributed by atoms with Crippen molar-refractivity contribution in [1.29, 1.82) is 0 Å². The smallest absolute Gasteiger partial charge is 0.270 e. The molecule has 6 heteroatoms. The van der Waals surface area contributed by atoms with E-state index in [4.69, 9.17) is 0 Å². The van der Waals surface area contributed by atoms with Gasteiger partial charge in [-0.1, -0.05) is 20.3 Å². The summed E-state index contributed by atoms with van der Waals surface area (Å²) < 4.78 is 0.706. The molecule has 1 amide bonds. The van der Waals surface area contributed by atoms with E-state index in [1.807, 2.05) is 29.5 Å². The molecule has 0 saturated carbocycles. The lowest BCUT2D eigenvalue weighted by molar-refractivity contribution is -0.384. The summed E-state index contributed by atoms with van der Waals surface area (Å²) in [6.45, 7) is 6.06. The summed E-state index contributed by atoms with van der Waals surface area (Å²) in [7, 11) is 0. The molecule has 1 aromatic carbocycles. The molecule has 0 radical (unpaired) electrons. The summed E-state index contributed by atoms with van der Waals surface area (Å²) in [5, 5.41) is 13.6. The highest BCUT2D eigenvalue weighted by molar-refractivity contribution is 14.1. The number of carbonyl (C=O) groups excluding carboxylic acids is 1. The lowest BCUT2D eigenvalue weighted by Gasteiger charge is -2.20. The van der Waals surface area contributed by atoms with E-state index in [1.165, 1.54) is 12.1 Å². The zero-order valence-corrected chi connectivity index (χ0v) is 13.3. The Hall–Kier alpha value is -1.18. The van der Waals surface area contributed by atoms with Crippen molar-refractivity contribution < 1.29 is 9.72 Å². The number of nitrogens with zero attached hydrogens (tertiary/aromatic N) is 1. The van der Waals surface area contributed by atoms with Crippen LogP contribution in [-0.4, -0.2) is 16.9 Å². The third-order valence-corrected chi connectivity index (χ3v) is 4.20. The first kappa shape index (κ1) is 15.9. The molecule has 2 unspecified atom stereocenters. The van der Waals surface area contributed by atoms with Gasteiger partial charge in [-0.15, -0.1) is 0 Å². The molecule has 0 fully saturated rings. The molecule has 104 valence electrons. The van der Waals surface area contributed by atoms with Crippen LogP contribution >= 0.6 is 22.6 Å². The van der Waals surface area contributed by atoms with Crippen molar-refractivity contribution in [3.63, 3.8) is 0 Å². The number of carbonyl (C=O) groups is 1. The van der Waals surface area contributed by atoms with Gasteiger partial charge in [0.05, 0.1) is 10.5 Å². The third kappa shape index (κ3) is 4.15. The molecule has 1 N–H and O–H groups in total. The van der Waals surface area contributed by atoms with E-state index >= 15 is 0 Å². The molecule has 1 rings (SSSR count). The molecule has 5 nitrogen and oxygen atoms in total. The summed E-state index contributed by atoms with van der Waals surface area (Å²) in [6, 6.07) is 4.34. The standard InChI is InChI=1S/C13H17IN2O3/c1-4-8(2)9(3)15-13(17)11-7-10(16(18)19)5-6-12(11)14/h5-9H,4H2,1-3H3,(H,15,17). The maximum Gasteiger partial charge on any atom is 0.270 e. The van der Waals surface area contributed by atoms with Crippen LogP contribution in [0, 0.1) is 19.6 Å². The number of hydrogen-bond acceptors (Lipinski definition) is 3. The maximum absolute atomic E-state index is 12.1. The molecule has 2 atom stereocenters. The van der Waals surface area contributed by atoms with Crippen molar-refractivity contribution in [2.24, 2.45) is 5.92 Å². The van der Waals surface area contributed by atoms with Crippen LogP contribution in [0.5, 0.6) is 0 Å². The summed E-state index contributed by atoms with van der Waals surface area (Å²) >= 11 is 2.01. The second-order valence-corrected chi connectivity index (χ2v) is 5.73. The van der Waals surface area contributed by atoms with E-state index in [9.17, 15) is 14.9 Å². The Morgan fingerprint density at radius 1 is 1.47 bits per heavy atom. The predicted octanol–water partition coefficient (Wildman–Crippen LogP) is 3.36. The molecule has 0 aromatic heterocycles. The molecule has 0 bridgehead atoms. The van der Waals surface area contributed by atoms with Crippen molar-refractivity contribution in [2.75, 3.05) is 0 Å². The minimum Gasteiger partial charge on any atom is -0.349 e. The number of halogens is 1. The Bertz CT molecular complexity index is 491. The Balaban J connectivity index is 2.93. The van der Waals surface area contributed by atoms with Crippen molar-refractivity contribution in [2.45, 2.75) is 33.2 Å². The van der Waals surface area contributed by atoms with E-state index in [1.54, 1.807) is 6.07 Å². The number of nitro benzene ring substituents is 1. The Labute approximate surface area is 126 Å². The van der Waals surface area contributed by atoms with Gasteiger partial charge in [0.1, 0.15) is 0 Å². The fraction of sp³-hybridized carbons (Fsp3) is 0.462. The first-order valence-electron chi connectivity index (χ1n) is 6.11. The number of benzene rings is 1. The van der Waals surface area contributed by atoms with Crippen LogP contribution in [-0.2, 0) is 0 Å². The van der Waals surface area contributed by atoms with Gasteiger partial charge in [0, 0.05) is 21.7 Å². The monoisotopic (exact) mass is 376 g/mol. The summed E-state index contributed by atoms with van der Waals surface area (Å²) in [6.07, 6.45) is 0.966. The van der Waals surface area contributed by atoms with Crippen LogP contribution in [0.1, 0.15) is 37.6 Å². The van der Waals surface area contributed by atoms with Crippen LogP contribution in [0.2, 0.25) is 0 Å². The minimum atomic E-state index is -0.495. The van der Waals surface area contributed by atoms with Crippen LogP contribution in [0.4, 0.5) is 5.69 Å². The minimum absolute atomic E-state index is 0.0348. The first-order chi connectivity index (χ1) is 8.86. The summed E-state index contributed by atoms with van der Waals surface area (Å²) in [4.78, 5) is 22.4. The van der Waals surface area contributed by atoms with Gasteiger partial charge in [0.15, 0.2) is 0 Å². The second kappa shape index (κ2) is 6.83. The highest BCUT2D eigenvalue weighted by Crippen LogP contribution is 2.20. The van der Waals surface area contributed by atoms with E-state index in [2.05, 4.69) is 19.2 Å². The maximum atomic E-state index is 12.1. The molecular formula is C13H17IN2O3. The molecule has 0 heterocycles. The van der Waals surface area contributed by atoms with Crippen LogP contribution in [0.3, 0.4) is 0 Å². The van der Waals surface area contributed by atoms with Gasteiger partial charge in [-0.2, -0.15) is 0 Å². The average Bonchev–Trinajstić information content (AvgIpc) is 2.37. The van der Waals surface area contributed by atoms with E-state index in [-0.39, 0.29) is 17.6 Å². The lowest BCUT2D eigenvalue weighted by Crippen LogP contribution is -2.37. The van der Waals surface area contributed by atoms with Crippen LogP contribution in [0.15, 0.2) is 18.2 Å². The van der Waals surface area contributed by atoms with E-state index < -0.39 is 4.92 Å². The van der Waals surface area contributed by atoms with E-state index in [0.29, 0.717) is 15.1 Å². The number of hydrogen-bond donors (Lipinski definition) is 1. The molecule has 19 heavy (non-hydrogen) atoms. The van der Waals surface area contributed by atoms with Crippen molar-refractivity contribution in [3.8, 4) is 0 Å². The third-order valence-electron chi connectivity index (χ3n) is 3.26. The topological polar surface area (TPSA) is 72.2 Å². The lowest BCUT2D eigenvalue weighted by atomic mass is 10.0. The van der Waals surface area contributed by atoms with Crippen molar-refractivity contribution >= 4 is 34.2 Å². The SMILES string of the molecule is CCC(C)C(C)NC(=O)c1cc([N+](=O)[O-])ccc1I. The van der Waals surface area contributed by atoms with Gasteiger partial charge in [0.2, 0.25) is 0 Å². The number of rotatable bonds is 5. The fourth-order valence-corrected chi connectivity index (χ4v) is 2.16. The summed E-state index contributed by atoms with van der Waals surface area (Å²) in [5.74, 6) is 0.0983. The van der Waals surface area contributed by atoms with Crippen molar-refractivity contribution in [3.05, 3.63) is 37.4 Å². The van der Waals surface area contributed by atoms with Gasteiger partial charge in [-0.05, 0) is 41.5 Å². The fourth-order valence-electron chi connectivity index (χ4n) is 1.58. The highest BCUT2D eigenvalue weighted by Gasteiger charge is 2.18. The number of non-ortho nitro benzene ring substituents is 1. The quantitative estimate of drug-likeness (QED) is 0.487. The predicted molar refractivity (Wildman–Crippen MR) is 82.2 cm³/mol. The molecule has 0 aliphatic carbocycles. The Kier molecular flexibility index (Phi) is 5.71. The molecule has 0 aliphatic rings. The molecular weight excluding hydrogens is 359 g/mol. The zero-order chi connectivity index (χ0) is 14.6. The van der Waals surface area contributed by atoms with E-state index in [0.717, 1.165) is 6.42 Å². The van der Waals surface area contributed by atoms with Gasteiger partial charge >= 0.3 is 0 Å².